The highest BCUT2D eigenvalue weighted by Crippen LogP contribution is 2.49. The van der Waals surface area contributed by atoms with Crippen molar-refractivity contribution in [1.29, 1.82) is 0 Å². The van der Waals surface area contributed by atoms with Crippen LogP contribution >= 0.6 is 0 Å². The van der Waals surface area contributed by atoms with E-state index in [1.54, 1.807) is 37.4 Å². The summed E-state index contributed by atoms with van der Waals surface area (Å²) in [5.41, 5.74) is 7.73. The van der Waals surface area contributed by atoms with Crippen LogP contribution in [-0.4, -0.2) is 49.0 Å². The highest BCUT2D eigenvalue weighted by molar-refractivity contribution is 6.16. The SMILES string of the molecule is COc1cc2nccc(Oc3ccc(N(C(=O)C4(C(N)=O)CC4)c4cccc(CN5CCCCC5)c4)cc3)c2cc1OC. The van der Waals surface area contributed by atoms with Gasteiger partial charge in [-0.1, -0.05) is 18.6 Å². The van der Waals surface area contributed by atoms with E-state index in [1.807, 2.05) is 48.5 Å². The van der Waals surface area contributed by atoms with Crippen LogP contribution in [0.15, 0.2) is 72.9 Å². The first-order chi connectivity index (χ1) is 20.9. The van der Waals surface area contributed by atoms with Crippen molar-refractivity contribution in [2.45, 2.75) is 38.6 Å². The zero-order valence-electron chi connectivity index (χ0n) is 24.5. The number of amides is 2. The number of pyridine rings is 1. The zero-order chi connectivity index (χ0) is 30.0. The average molecular weight is 581 g/mol. The maximum Gasteiger partial charge on any atom is 0.247 e. The second-order valence-corrected chi connectivity index (χ2v) is 11.2. The first kappa shape index (κ1) is 28.5. The van der Waals surface area contributed by atoms with Gasteiger partial charge in [-0.3, -0.25) is 24.4 Å². The van der Waals surface area contributed by atoms with Crippen molar-refractivity contribution in [1.82, 2.24) is 9.88 Å². The lowest BCUT2D eigenvalue weighted by molar-refractivity contribution is -0.133. The largest absolute Gasteiger partial charge is 0.493 e. The van der Waals surface area contributed by atoms with Gasteiger partial charge in [-0.2, -0.15) is 0 Å². The normalized spacial score (nSPS) is 16.0. The molecule has 2 heterocycles. The molecule has 4 aromatic rings. The number of nitrogens with two attached hydrogens (primary N) is 1. The van der Waals surface area contributed by atoms with Gasteiger partial charge in [-0.05, 0) is 92.9 Å². The Morgan fingerprint density at radius 1 is 0.884 bits per heavy atom. The van der Waals surface area contributed by atoms with Crippen LogP contribution in [0.1, 0.15) is 37.7 Å². The van der Waals surface area contributed by atoms with Crippen molar-refractivity contribution < 1.29 is 23.8 Å². The van der Waals surface area contributed by atoms with Gasteiger partial charge in [0.25, 0.3) is 0 Å². The molecule has 1 aliphatic carbocycles. The summed E-state index contributed by atoms with van der Waals surface area (Å²) >= 11 is 0. The van der Waals surface area contributed by atoms with Gasteiger partial charge in [0.2, 0.25) is 11.8 Å². The number of fused-ring (bicyclic) bond motifs is 1. The number of carbonyl (C=O) groups excluding carboxylic acids is 2. The molecule has 2 amide bonds. The summed E-state index contributed by atoms with van der Waals surface area (Å²) in [6, 6.07) is 20.7. The van der Waals surface area contributed by atoms with Gasteiger partial charge in [0.05, 0.1) is 19.7 Å². The molecular formula is C34H36N4O5. The van der Waals surface area contributed by atoms with E-state index in [-0.39, 0.29) is 5.91 Å². The maximum atomic E-state index is 14.0. The number of ether oxygens (including phenoxy) is 3. The molecule has 0 atom stereocenters. The summed E-state index contributed by atoms with van der Waals surface area (Å²) in [6.07, 6.45) is 6.27. The predicted octanol–water partition coefficient (Wildman–Crippen LogP) is 5.96. The molecule has 0 spiro atoms. The fourth-order valence-electron chi connectivity index (χ4n) is 5.78. The third-order valence-corrected chi connectivity index (χ3v) is 8.39. The van der Waals surface area contributed by atoms with Crippen LogP contribution in [0.2, 0.25) is 0 Å². The predicted molar refractivity (Wildman–Crippen MR) is 165 cm³/mol. The molecule has 0 radical (unpaired) electrons. The number of methoxy groups -OCH3 is 2. The molecule has 1 aromatic heterocycles. The molecule has 1 saturated heterocycles. The van der Waals surface area contributed by atoms with Crippen LogP contribution in [0.25, 0.3) is 10.9 Å². The minimum atomic E-state index is -1.17. The van der Waals surface area contributed by atoms with Crippen LogP contribution in [0.4, 0.5) is 11.4 Å². The highest BCUT2D eigenvalue weighted by atomic mass is 16.5. The minimum Gasteiger partial charge on any atom is -0.493 e. The molecule has 9 heteroatoms. The van der Waals surface area contributed by atoms with E-state index in [2.05, 4.69) is 16.0 Å². The number of nitrogens with zero attached hydrogens (tertiary/aromatic N) is 3. The summed E-state index contributed by atoms with van der Waals surface area (Å²) in [7, 11) is 3.17. The van der Waals surface area contributed by atoms with E-state index < -0.39 is 11.3 Å². The Kier molecular flexibility index (Phi) is 7.90. The number of hydrogen-bond acceptors (Lipinski definition) is 7. The van der Waals surface area contributed by atoms with Crippen LogP contribution < -0.4 is 24.8 Å². The number of rotatable bonds is 10. The molecule has 222 valence electrons. The number of benzene rings is 3. The number of likely N-dealkylation sites (tertiary alicyclic amines) is 1. The molecule has 43 heavy (non-hydrogen) atoms. The van der Waals surface area contributed by atoms with Crippen LogP contribution in [-0.2, 0) is 16.1 Å². The van der Waals surface area contributed by atoms with E-state index in [9.17, 15) is 9.59 Å². The Morgan fingerprint density at radius 2 is 1.60 bits per heavy atom. The monoisotopic (exact) mass is 580 g/mol. The number of carbonyl (C=O) groups is 2. The fourth-order valence-corrected chi connectivity index (χ4v) is 5.78. The number of aromatic nitrogens is 1. The second-order valence-electron chi connectivity index (χ2n) is 11.2. The lowest BCUT2D eigenvalue weighted by Crippen LogP contribution is -2.41. The van der Waals surface area contributed by atoms with Gasteiger partial charge >= 0.3 is 0 Å². The molecule has 1 saturated carbocycles. The van der Waals surface area contributed by atoms with Crippen molar-refractivity contribution >= 4 is 34.1 Å². The lowest BCUT2D eigenvalue weighted by Gasteiger charge is -2.29. The summed E-state index contributed by atoms with van der Waals surface area (Å²) in [6.45, 7) is 2.97. The summed E-state index contributed by atoms with van der Waals surface area (Å²) in [5, 5.41) is 0.767. The smallest absolute Gasteiger partial charge is 0.247 e. The Balaban J connectivity index is 1.31. The topological polar surface area (TPSA) is 107 Å². The van der Waals surface area contributed by atoms with Gasteiger partial charge in [-0.25, -0.2) is 0 Å². The quantitative estimate of drug-likeness (QED) is 0.231. The van der Waals surface area contributed by atoms with Crippen molar-refractivity contribution in [3.05, 3.63) is 78.5 Å². The van der Waals surface area contributed by atoms with E-state index >= 15 is 0 Å². The van der Waals surface area contributed by atoms with E-state index in [0.29, 0.717) is 52.7 Å². The molecule has 6 rings (SSSR count). The molecular weight excluding hydrogens is 544 g/mol. The molecule has 2 N–H and O–H groups in total. The van der Waals surface area contributed by atoms with Gasteiger partial charge in [0.15, 0.2) is 11.5 Å². The Morgan fingerprint density at radius 3 is 2.28 bits per heavy atom. The second kappa shape index (κ2) is 11.9. The number of piperidine rings is 1. The highest BCUT2D eigenvalue weighted by Gasteiger charge is 2.57. The number of hydrogen-bond donors (Lipinski definition) is 1. The molecule has 3 aromatic carbocycles. The van der Waals surface area contributed by atoms with Crippen molar-refractivity contribution in [3.63, 3.8) is 0 Å². The third kappa shape index (κ3) is 5.72. The summed E-state index contributed by atoms with van der Waals surface area (Å²) in [5.74, 6) is 1.45. The van der Waals surface area contributed by atoms with Crippen molar-refractivity contribution in [2.75, 3.05) is 32.2 Å². The molecule has 9 nitrogen and oxygen atoms in total. The third-order valence-electron chi connectivity index (χ3n) is 8.39. The van der Waals surface area contributed by atoms with Gasteiger partial charge in [0, 0.05) is 35.6 Å². The minimum absolute atomic E-state index is 0.301. The number of primary amides is 1. The molecule has 0 bridgehead atoms. The van der Waals surface area contributed by atoms with Crippen LogP contribution in [0, 0.1) is 5.41 Å². The van der Waals surface area contributed by atoms with Gasteiger partial charge in [-0.15, -0.1) is 0 Å². The standard InChI is InChI=1S/C34H36N4O5/c1-41-30-20-27-28(21-31(30)42-2)36-16-13-29(27)43-26-11-9-24(10-12-26)38(33(40)34(14-15-34)32(35)39)25-8-6-7-23(19-25)22-37-17-4-3-5-18-37/h6-13,16,19-21H,3-5,14-15,17-18,22H2,1-2H3,(H2,35,39). The van der Waals surface area contributed by atoms with Crippen molar-refractivity contribution in [2.24, 2.45) is 11.1 Å². The van der Waals surface area contributed by atoms with Gasteiger partial charge in [0.1, 0.15) is 16.9 Å². The molecule has 0 unspecified atom stereocenters. The molecule has 2 aliphatic rings. The molecule has 1 aliphatic heterocycles. The average Bonchev–Trinajstić information content (AvgIpc) is 3.85. The number of anilines is 2. The van der Waals surface area contributed by atoms with Crippen LogP contribution in [0.3, 0.4) is 0 Å². The van der Waals surface area contributed by atoms with Gasteiger partial charge < -0.3 is 19.9 Å². The van der Waals surface area contributed by atoms with Crippen molar-refractivity contribution in [3.8, 4) is 23.0 Å². The lowest BCUT2D eigenvalue weighted by atomic mass is 10.0. The zero-order valence-corrected chi connectivity index (χ0v) is 24.5. The van der Waals surface area contributed by atoms with Crippen LogP contribution in [0.5, 0.6) is 23.0 Å². The fraction of sp³-hybridized carbons (Fsp3) is 0.324. The van der Waals surface area contributed by atoms with E-state index in [0.717, 1.165) is 30.6 Å². The molecule has 2 fully saturated rings. The first-order valence-corrected chi connectivity index (χ1v) is 14.7. The Bertz CT molecular complexity index is 1640. The first-order valence-electron chi connectivity index (χ1n) is 14.7. The van der Waals surface area contributed by atoms with E-state index in [1.165, 1.54) is 19.3 Å². The summed E-state index contributed by atoms with van der Waals surface area (Å²) in [4.78, 5) is 34.9. The summed E-state index contributed by atoms with van der Waals surface area (Å²) < 4.78 is 17.2. The Hall–Kier alpha value is -4.63. The Labute approximate surface area is 251 Å². The maximum absolute atomic E-state index is 14.0. The van der Waals surface area contributed by atoms with E-state index in [4.69, 9.17) is 19.9 Å².